The number of carbonyl (C=O) groups is 1. The van der Waals surface area contributed by atoms with E-state index in [2.05, 4.69) is 0 Å². The summed E-state index contributed by atoms with van der Waals surface area (Å²) >= 11 is 0. The zero-order chi connectivity index (χ0) is 17.5. The largest absolute Gasteiger partial charge is 0.490 e. The van der Waals surface area contributed by atoms with Crippen LogP contribution in [0.2, 0.25) is 0 Å². The molecule has 0 saturated carbocycles. The number of para-hydroxylation sites is 2. The van der Waals surface area contributed by atoms with Crippen LogP contribution in [-0.2, 0) is 0 Å². The van der Waals surface area contributed by atoms with Crippen molar-refractivity contribution in [3.8, 4) is 11.5 Å². The molecule has 0 bridgehead atoms. The first-order chi connectivity index (χ1) is 12.3. The maximum Gasteiger partial charge on any atom is 0.257 e. The molecule has 3 rings (SSSR count). The van der Waals surface area contributed by atoms with Crippen molar-refractivity contribution in [2.75, 3.05) is 32.8 Å². The maximum absolute atomic E-state index is 12.8. The third-order valence-electron chi connectivity index (χ3n) is 4.38. The number of rotatable bonds is 7. The van der Waals surface area contributed by atoms with E-state index in [1.165, 1.54) is 0 Å². The van der Waals surface area contributed by atoms with Gasteiger partial charge in [0.05, 0.1) is 5.56 Å². The second-order valence-electron chi connectivity index (χ2n) is 6.15. The first-order valence-corrected chi connectivity index (χ1v) is 8.67. The Bertz CT molecular complexity index is 696. The monoisotopic (exact) mass is 376 g/mol. The molecule has 0 radical (unpaired) electrons. The van der Waals surface area contributed by atoms with Gasteiger partial charge in [0.25, 0.3) is 5.91 Å². The second-order valence-corrected chi connectivity index (χ2v) is 6.15. The van der Waals surface area contributed by atoms with E-state index in [9.17, 15) is 4.79 Å². The molecule has 2 N–H and O–H groups in total. The molecule has 1 amide bonds. The molecule has 2 aromatic rings. The van der Waals surface area contributed by atoms with Gasteiger partial charge in [0.2, 0.25) is 0 Å². The summed E-state index contributed by atoms with van der Waals surface area (Å²) in [7, 11) is 0. The molecule has 0 aliphatic carbocycles. The number of halogens is 1. The quantitative estimate of drug-likeness (QED) is 0.754. The molecule has 1 saturated heterocycles. The highest BCUT2D eigenvalue weighted by Crippen LogP contribution is 2.23. The highest BCUT2D eigenvalue weighted by molar-refractivity contribution is 5.97. The summed E-state index contributed by atoms with van der Waals surface area (Å²) in [6.45, 7) is 2.90. The van der Waals surface area contributed by atoms with Gasteiger partial charge in [-0.2, -0.15) is 0 Å². The van der Waals surface area contributed by atoms with Crippen LogP contribution in [0, 0.1) is 5.92 Å². The Morgan fingerprint density at radius 2 is 1.73 bits per heavy atom. The van der Waals surface area contributed by atoms with Crippen molar-refractivity contribution >= 4 is 18.3 Å². The maximum atomic E-state index is 12.8. The number of likely N-dealkylation sites (tertiary alicyclic amines) is 1. The topological polar surface area (TPSA) is 64.8 Å². The predicted octanol–water partition coefficient (Wildman–Crippen LogP) is 2.99. The van der Waals surface area contributed by atoms with Gasteiger partial charge < -0.3 is 20.1 Å². The van der Waals surface area contributed by atoms with Crippen molar-refractivity contribution in [2.45, 2.75) is 6.42 Å². The fourth-order valence-electron chi connectivity index (χ4n) is 2.98. The Morgan fingerprint density at radius 1 is 1.04 bits per heavy atom. The van der Waals surface area contributed by atoms with Crippen molar-refractivity contribution in [1.29, 1.82) is 0 Å². The van der Waals surface area contributed by atoms with Gasteiger partial charge in [-0.3, -0.25) is 4.79 Å². The lowest BCUT2D eigenvalue weighted by Gasteiger charge is -2.18. The van der Waals surface area contributed by atoms with E-state index in [1.807, 2.05) is 59.5 Å². The van der Waals surface area contributed by atoms with E-state index in [0.29, 0.717) is 37.0 Å². The lowest BCUT2D eigenvalue weighted by atomic mass is 10.1. The first kappa shape index (κ1) is 20.1. The van der Waals surface area contributed by atoms with Crippen LogP contribution >= 0.6 is 12.4 Å². The van der Waals surface area contributed by atoms with Crippen LogP contribution in [0.1, 0.15) is 16.8 Å². The van der Waals surface area contributed by atoms with Crippen LogP contribution in [0.15, 0.2) is 54.6 Å². The minimum Gasteiger partial charge on any atom is -0.490 e. The summed E-state index contributed by atoms with van der Waals surface area (Å²) in [5.74, 6) is 1.81. The number of ether oxygens (including phenoxy) is 2. The summed E-state index contributed by atoms with van der Waals surface area (Å²) in [5.41, 5.74) is 6.31. The third-order valence-corrected chi connectivity index (χ3v) is 4.38. The number of benzene rings is 2. The normalized spacial score (nSPS) is 16.0. The van der Waals surface area contributed by atoms with Crippen LogP contribution in [0.3, 0.4) is 0 Å². The van der Waals surface area contributed by atoms with Gasteiger partial charge in [-0.15, -0.1) is 12.4 Å². The predicted molar refractivity (Wildman–Crippen MR) is 104 cm³/mol. The molecule has 26 heavy (non-hydrogen) atoms. The zero-order valence-corrected chi connectivity index (χ0v) is 15.5. The molecular formula is C20H25ClN2O3. The summed E-state index contributed by atoms with van der Waals surface area (Å²) in [4.78, 5) is 14.6. The lowest BCUT2D eigenvalue weighted by Crippen LogP contribution is -2.30. The molecule has 140 valence electrons. The molecule has 6 heteroatoms. The van der Waals surface area contributed by atoms with Gasteiger partial charge in [0, 0.05) is 13.1 Å². The molecular weight excluding hydrogens is 352 g/mol. The highest BCUT2D eigenvalue weighted by Gasteiger charge is 2.27. The van der Waals surface area contributed by atoms with E-state index in [0.717, 1.165) is 25.3 Å². The Kier molecular flexibility index (Phi) is 7.75. The number of nitrogens with two attached hydrogens (primary N) is 1. The second kappa shape index (κ2) is 10.0. The zero-order valence-electron chi connectivity index (χ0n) is 14.7. The van der Waals surface area contributed by atoms with E-state index in [4.69, 9.17) is 15.2 Å². The molecule has 1 unspecified atom stereocenters. The molecule has 1 atom stereocenters. The van der Waals surface area contributed by atoms with E-state index < -0.39 is 0 Å². The smallest absolute Gasteiger partial charge is 0.257 e. The van der Waals surface area contributed by atoms with Gasteiger partial charge >= 0.3 is 0 Å². The average Bonchev–Trinajstić information content (AvgIpc) is 3.15. The average molecular weight is 377 g/mol. The van der Waals surface area contributed by atoms with Crippen molar-refractivity contribution in [3.05, 3.63) is 60.2 Å². The Labute approximate surface area is 160 Å². The third kappa shape index (κ3) is 5.13. The molecule has 1 fully saturated rings. The molecule has 2 aromatic carbocycles. The molecule has 0 spiro atoms. The summed E-state index contributed by atoms with van der Waals surface area (Å²) < 4.78 is 11.4. The van der Waals surface area contributed by atoms with Crippen LogP contribution in [0.5, 0.6) is 11.5 Å². The number of amides is 1. The fraction of sp³-hybridized carbons (Fsp3) is 0.350. The summed E-state index contributed by atoms with van der Waals surface area (Å²) in [5, 5.41) is 0. The lowest BCUT2D eigenvalue weighted by molar-refractivity contribution is 0.0782. The number of carbonyl (C=O) groups excluding carboxylic acids is 1. The van der Waals surface area contributed by atoms with E-state index in [1.54, 1.807) is 0 Å². The minimum absolute atomic E-state index is 0. The van der Waals surface area contributed by atoms with Crippen molar-refractivity contribution in [3.63, 3.8) is 0 Å². The number of hydrogen-bond donors (Lipinski definition) is 1. The molecule has 1 aliphatic heterocycles. The molecule has 0 aromatic heterocycles. The Balaban J connectivity index is 0.00000243. The first-order valence-electron chi connectivity index (χ1n) is 8.67. The van der Waals surface area contributed by atoms with E-state index >= 15 is 0 Å². The Hall–Kier alpha value is -2.24. The van der Waals surface area contributed by atoms with Gasteiger partial charge in [-0.25, -0.2) is 0 Å². The molecule has 1 heterocycles. The van der Waals surface area contributed by atoms with Crippen LogP contribution in [0.25, 0.3) is 0 Å². The van der Waals surface area contributed by atoms with E-state index in [-0.39, 0.29) is 18.3 Å². The highest BCUT2D eigenvalue weighted by atomic mass is 35.5. The SMILES string of the molecule is Cl.NCC1CCN(C(=O)c2ccccc2OCCOc2ccccc2)C1. The van der Waals surface area contributed by atoms with Crippen molar-refractivity contribution in [1.82, 2.24) is 4.90 Å². The number of nitrogens with zero attached hydrogens (tertiary/aromatic N) is 1. The van der Waals surface area contributed by atoms with Gasteiger partial charge in [-0.05, 0) is 43.1 Å². The standard InChI is InChI=1S/C20H24N2O3.ClH/c21-14-16-10-11-22(15-16)20(23)18-8-4-5-9-19(18)25-13-12-24-17-6-2-1-3-7-17;/h1-9,16H,10-15,21H2;1H. The fourth-order valence-corrected chi connectivity index (χ4v) is 2.98. The summed E-state index contributed by atoms with van der Waals surface area (Å²) in [6, 6.07) is 17.0. The van der Waals surface area contributed by atoms with Crippen LogP contribution in [-0.4, -0.2) is 43.7 Å². The van der Waals surface area contributed by atoms with Gasteiger partial charge in [-0.1, -0.05) is 30.3 Å². The van der Waals surface area contributed by atoms with Gasteiger partial charge in [0.15, 0.2) is 0 Å². The van der Waals surface area contributed by atoms with Crippen LogP contribution < -0.4 is 15.2 Å². The van der Waals surface area contributed by atoms with Gasteiger partial charge in [0.1, 0.15) is 24.7 Å². The van der Waals surface area contributed by atoms with Crippen molar-refractivity contribution in [2.24, 2.45) is 11.7 Å². The molecule has 1 aliphatic rings. The minimum atomic E-state index is 0. The van der Waals surface area contributed by atoms with Crippen molar-refractivity contribution < 1.29 is 14.3 Å². The summed E-state index contributed by atoms with van der Waals surface area (Å²) in [6.07, 6.45) is 0.968. The number of hydrogen-bond acceptors (Lipinski definition) is 4. The molecule has 5 nitrogen and oxygen atoms in total. The Morgan fingerprint density at radius 3 is 2.46 bits per heavy atom. The van der Waals surface area contributed by atoms with Crippen LogP contribution in [0.4, 0.5) is 0 Å².